The summed E-state index contributed by atoms with van der Waals surface area (Å²) < 4.78 is 0. The zero-order valence-electron chi connectivity index (χ0n) is 13.6. The largest absolute Gasteiger partial charge is 0.389 e. The molecular weight excluding hydrogens is 332 g/mol. The van der Waals surface area contributed by atoms with E-state index in [1.54, 1.807) is 4.90 Å². The van der Waals surface area contributed by atoms with Crippen LogP contribution in [0.3, 0.4) is 0 Å². The van der Waals surface area contributed by atoms with Gasteiger partial charge in [-0.25, -0.2) is 4.98 Å². The predicted octanol–water partition coefficient (Wildman–Crippen LogP) is 3.22. The highest BCUT2D eigenvalue weighted by Gasteiger charge is 2.32. The van der Waals surface area contributed by atoms with Gasteiger partial charge >= 0.3 is 0 Å². The fourth-order valence-corrected chi connectivity index (χ4v) is 4.00. The summed E-state index contributed by atoms with van der Waals surface area (Å²) in [6.07, 6.45) is 0.308. The maximum atomic E-state index is 12.8. The molecule has 0 unspecified atom stereocenters. The number of hydrogen-bond donors (Lipinski definition) is 1. The highest BCUT2D eigenvalue weighted by molar-refractivity contribution is 7.14. The fourth-order valence-electron chi connectivity index (χ4n) is 2.91. The Morgan fingerprint density at radius 3 is 2.36 bits per heavy atom. The lowest BCUT2D eigenvalue weighted by Crippen LogP contribution is -2.53. The fraction of sp³-hybridized carbons (Fsp3) is 0.200. The average Bonchev–Trinajstić information content (AvgIpc) is 3.04. The van der Waals surface area contributed by atoms with Gasteiger partial charge in [0.1, 0.15) is 4.88 Å². The van der Waals surface area contributed by atoms with Gasteiger partial charge in [-0.05, 0) is 5.56 Å². The SMILES string of the molecule is O=C(c1sc(Cc2ccccc2)nc1-c1ccccc1)N1CC(O)C1. The molecule has 4 nitrogen and oxygen atoms in total. The first-order chi connectivity index (χ1) is 12.2. The Kier molecular flexibility index (Phi) is 4.34. The molecule has 1 aliphatic rings. The Morgan fingerprint density at radius 2 is 1.72 bits per heavy atom. The topological polar surface area (TPSA) is 53.4 Å². The minimum absolute atomic E-state index is 0.0408. The molecule has 3 aromatic rings. The summed E-state index contributed by atoms with van der Waals surface area (Å²) in [6, 6.07) is 19.9. The lowest BCUT2D eigenvalue weighted by molar-refractivity contribution is 0.00626. The summed E-state index contributed by atoms with van der Waals surface area (Å²) >= 11 is 1.45. The summed E-state index contributed by atoms with van der Waals surface area (Å²) in [5.41, 5.74) is 2.86. The predicted molar refractivity (Wildman–Crippen MR) is 98.7 cm³/mol. The van der Waals surface area contributed by atoms with Crippen LogP contribution in [0.2, 0.25) is 0 Å². The molecule has 4 rings (SSSR count). The third kappa shape index (κ3) is 3.34. The van der Waals surface area contributed by atoms with Crippen LogP contribution in [0, 0.1) is 0 Å². The van der Waals surface area contributed by atoms with E-state index in [0.29, 0.717) is 24.4 Å². The summed E-state index contributed by atoms with van der Waals surface area (Å²) in [7, 11) is 0. The van der Waals surface area contributed by atoms with E-state index in [9.17, 15) is 9.90 Å². The quantitative estimate of drug-likeness (QED) is 0.786. The Bertz CT molecular complexity index is 871. The van der Waals surface area contributed by atoms with Crippen LogP contribution in [0.1, 0.15) is 20.2 Å². The molecular formula is C20H18N2O2S. The van der Waals surface area contributed by atoms with Gasteiger partial charge in [0.15, 0.2) is 0 Å². The van der Waals surface area contributed by atoms with Gasteiger partial charge in [0, 0.05) is 25.1 Å². The van der Waals surface area contributed by atoms with Crippen molar-refractivity contribution in [1.29, 1.82) is 0 Å². The normalized spacial score (nSPS) is 14.4. The lowest BCUT2D eigenvalue weighted by Gasteiger charge is -2.35. The van der Waals surface area contributed by atoms with Gasteiger partial charge in [0.2, 0.25) is 0 Å². The van der Waals surface area contributed by atoms with Gasteiger partial charge in [-0.15, -0.1) is 11.3 Å². The number of likely N-dealkylation sites (tertiary alicyclic amines) is 1. The number of nitrogens with zero attached hydrogens (tertiary/aromatic N) is 2. The van der Waals surface area contributed by atoms with Crippen LogP contribution >= 0.6 is 11.3 Å². The van der Waals surface area contributed by atoms with Gasteiger partial charge < -0.3 is 10.0 Å². The number of hydrogen-bond acceptors (Lipinski definition) is 4. The van der Waals surface area contributed by atoms with E-state index in [4.69, 9.17) is 4.98 Å². The highest BCUT2D eigenvalue weighted by Crippen LogP contribution is 2.31. The summed E-state index contributed by atoms with van der Waals surface area (Å²) in [4.78, 5) is 19.9. The Morgan fingerprint density at radius 1 is 1.08 bits per heavy atom. The minimum atomic E-state index is -0.402. The Labute approximate surface area is 150 Å². The molecule has 0 bridgehead atoms. The molecule has 0 radical (unpaired) electrons. The maximum absolute atomic E-state index is 12.8. The van der Waals surface area contributed by atoms with Crippen molar-refractivity contribution < 1.29 is 9.90 Å². The smallest absolute Gasteiger partial charge is 0.266 e. The zero-order valence-corrected chi connectivity index (χ0v) is 14.4. The Balaban J connectivity index is 1.69. The van der Waals surface area contributed by atoms with Gasteiger partial charge in [-0.1, -0.05) is 60.7 Å². The molecule has 1 aromatic heterocycles. The highest BCUT2D eigenvalue weighted by atomic mass is 32.1. The van der Waals surface area contributed by atoms with E-state index in [0.717, 1.165) is 16.3 Å². The van der Waals surface area contributed by atoms with Crippen LogP contribution in [0.15, 0.2) is 60.7 Å². The summed E-state index contributed by atoms with van der Waals surface area (Å²) in [5, 5.41) is 10.4. The Hall–Kier alpha value is -2.50. The molecule has 1 amide bonds. The molecule has 0 spiro atoms. The number of carbonyl (C=O) groups is 1. The van der Waals surface area contributed by atoms with Crippen molar-refractivity contribution in [3.8, 4) is 11.3 Å². The third-order valence-corrected chi connectivity index (χ3v) is 5.30. The van der Waals surface area contributed by atoms with E-state index in [-0.39, 0.29) is 5.91 Å². The molecule has 2 heterocycles. The summed E-state index contributed by atoms with van der Waals surface area (Å²) in [6.45, 7) is 0.804. The monoisotopic (exact) mass is 350 g/mol. The molecule has 1 aliphatic heterocycles. The number of aliphatic hydroxyl groups excluding tert-OH is 1. The summed E-state index contributed by atoms with van der Waals surface area (Å²) in [5.74, 6) is -0.0408. The number of benzene rings is 2. The van der Waals surface area contributed by atoms with E-state index >= 15 is 0 Å². The molecule has 25 heavy (non-hydrogen) atoms. The molecule has 0 aliphatic carbocycles. The molecule has 1 fully saturated rings. The first-order valence-electron chi connectivity index (χ1n) is 8.27. The number of rotatable bonds is 4. The van der Waals surface area contributed by atoms with Crippen molar-refractivity contribution in [2.24, 2.45) is 0 Å². The van der Waals surface area contributed by atoms with Gasteiger partial charge in [0.05, 0.1) is 16.8 Å². The first-order valence-corrected chi connectivity index (χ1v) is 9.09. The van der Waals surface area contributed by atoms with Crippen LogP contribution in [0.4, 0.5) is 0 Å². The maximum Gasteiger partial charge on any atom is 0.266 e. The zero-order chi connectivity index (χ0) is 17.2. The number of β-amino-alcohol motifs (C(OH)–C–C–N with tert-alkyl or cyclic N) is 1. The van der Waals surface area contributed by atoms with Gasteiger partial charge in [-0.3, -0.25) is 4.79 Å². The van der Waals surface area contributed by atoms with Crippen molar-refractivity contribution in [1.82, 2.24) is 9.88 Å². The van der Waals surface area contributed by atoms with Gasteiger partial charge in [0.25, 0.3) is 5.91 Å². The second-order valence-corrected chi connectivity index (χ2v) is 7.26. The van der Waals surface area contributed by atoms with Crippen molar-refractivity contribution in [2.45, 2.75) is 12.5 Å². The van der Waals surface area contributed by atoms with Crippen LogP contribution in [0.5, 0.6) is 0 Å². The van der Waals surface area contributed by atoms with Crippen LogP contribution in [0.25, 0.3) is 11.3 Å². The van der Waals surface area contributed by atoms with Crippen molar-refractivity contribution >= 4 is 17.2 Å². The van der Waals surface area contributed by atoms with E-state index in [2.05, 4.69) is 12.1 Å². The number of aromatic nitrogens is 1. The molecule has 2 aromatic carbocycles. The van der Waals surface area contributed by atoms with Crippen LogP contribution in [-0.2, 0) is 6.42 Å². The van der Waals surface area contributed by atoms with Crippen molar-refractivity contribution in [3.05, 3.63) is 76.1 Å². The standard InChI is InChI=1S/C20H18N2O2S/c23-16-12-22(13-16)20(24)19-18(15-9-5-2-6-10-15)21-17(25-19)11-14-7-3-1-4-8-14/h1-10,16,23H,11-13H2. The number of carbonyl (C=O) groups excluding carboxylic acids is 1. The second-order valence-electron chi connectivity index (χ2n) is 6.18. The second kappa shape index (κ2) is 6.78. The third-order valence-electron chi connectivity index (χ3n) is 4.26. The number of amides is 1. The van der Waals surface area contributed by atoms with Crippen molar-refractivity contribution in [3.63, 3.8) is 0 Å². The molecule has 126 valence electrons. The van der Waals surface area contributed by atoms with Gasteiger partial charge in [-0.2, -0.15) is 0 Å². The molecule has 0 saturated carbocycles. The first kappa shape index (κ1) is 16.0. The van der Waals surface area contributed by atoms with Crippen LogP contribution in [-0.4, -0.2) is 40.1 Å². The number of aliphatic hydroxyl groups is 1. The lowest BCUT2D eigenvalue weighted by atomic mass is 10.1. The molecule has 1 N–H and O–H groups in total. The van der Waals surface area contributed by atoms with E-state index in [1.807, 2.05) is 48.5 Å². The van der Waals surface area contributed by atoms with E-state index < -0.39 is 6.10 Å². The van der Waals surface area contributed by atoms with Crippen LogP contribution < -0.4 is 0 Å². The molecule has 0 atom stereocenters. The van der Waals surface area contributed by atoms with Crippen molar-refractivity contribution in [2.75, 3.05) is 13.1 Å². The molecule has 5 heteroatoms. The molecule has 1 saturated heterocycles. The van der Waals surface area contributed by atoms with E-state index in [1.165, 1.54) is 16.9 Å². The average molecular weight is 350 g/mol. The number of thiazole rings is 1. The minimum Gasteiger partial charge on any atom is -0.389 e.